The van der Waals surface area contributed by atoms with Crippen LogP contribution in [0.15, 0.2) is 41.2 Å². The predicted octanol–water partition coefficient (Wildman–Crippen LogP) is 0.441. The number of nitrogens with one attached hydrogen (secondary N) is 2. The van der Waals surface area contributed by atoms with Gasteiger partial charge >= 0.3 is 5.97 Å². The number of carbonyl (C=O) groups is 2. The van der Waals surface area contributed by atoms with Gasteiger partial charge < -0.3 is 25.4 Å². The van der Waals surface area contributed by atoms with E-state index in [9.17, 15) is 24.6 Å². The fourth-order valence-corrected chi connectivity index (χ4v) is 2.96. The third-order valence-electron chi connectivity index (χ3n) is 4.32. The number of anilines is 1. The van der Waals surface area contributed by atoms with E-state index in [1.807, 2.05) is 0 Å². The van der Waals surface area contributed by atoms with Gasteiger partial charge in [0, 0.05) is 11.3 Å². The molecule has 2 heterocycles. The van der Waals surface area contributed by atoms with Crippen LogP contribution in [0, 0.1) is 0 Å². The quantitative estimate of drug-likeness (QED) is 0.339. The van der Waals surface area contributed by atoms with Crippen molar-refractivity contribution in [2.45, 2.75) is 12.2 Å². The Bertz CT molecular complexity index is 1190. The second-order valence-electron chi connectivity index (χ2n) is 6.11. The van der Waals surface area contributed by atoms with Crippen molar-refractivity contribution in [1.82, 2.24) is 10.2 Å². The maximum atomic E-state index is 12.0. The van der Waals surface area contributed by atoms with Crippen molar-refractivity contribution in [3.63, 3.8) is 0 Å². The Morgan fingerprint density at radius 2 is 1.89 bits per heavy atom. The summed E-state index contributed by atoms with van der Waals surface area (Å²) in [5, 5.41) is 37.3. The van der Waals surface area contributed by atoms with Crippen molar-refractivity contribution in [3.05, 3.63) is 46.8 Å². The van der Waals surface area contributed by atoms with Gasteiger partial charge in [0.15, 0.2) is 12.2 Å². The summed E-state index contributed by atoms with van der Waals surface area (Å²) in [4.78, 5) is 34.7. The van der Waals surface area contributed by atoms with Crippen molar-refractivity contribution in [2.75, 3.05) is 5.32 Å². The number of hydrogen-bond donors (Lipinski definition) is 5. The van der Waals surface area contributed by atoms with E-state index in [0.717, 1.165) is 0 Å². The lowest BCUT2D eigenvalue weighted by Crippen LogP contribution is -2.42. The first-order chi connectivity index (χ1) is 13.4. The molecule has 3 aromatic rings. The van der Waals surface area contributed by atoms with Crippen molar-refractivity contribution >= 4 is 28.3 Å². The molecular formula is C18H13N3O7. The molecule has 2 unspecified atom stereocenters. The van der Waals surface area contributed by atoms with Crippen LogP contribution in [0.2, 0.25) is 0 Å². The molecular weight excluding hydrogens is 370 g/mol. The van der Waals surface area contributed by atoms with Gasteiger partial charge in [-0.2, -0.15) is 5.10 Å². The number of fused-ring (bicyclic) bond motifs is 2. The number of carboxylic acid groups (broad SMARTS) is 1. The topological polar surface area (TPSA) is 162 Å². The number of H-pyrrole nitrogens is 1. The zero-order chi connectivity index (χ0) is 20.0. The number of nitrogens with zero attached hydrogens (tertiary/aromatic N) is 1. The van der Waals surface area contributed by atoms with Crippen LogP contribution in [0.5, 0.6) is 11.5 Å². The van der Waals surface area contributed by atoms with E-state index in [-0.39, 0.29) is 11.2 Å². The first kappa shape index (κ1) is 17.6. The minimum atomic E-state index is -2.26. The summed E-state index contributed by atoms with van der Waals surface area (Å²) in [6, 6.07) is 9.56. The van der Waals surface area contributed by atoms with Gasteiger partial charge in [-0.25, -0.2) is 9.89 Å². The number of benzene rings is 2. The van der Waals surface area contributed by atoms with Crippen LogP contribution in [0.25, 0.3) is 22.0 Å². The molecule has 0 saturated heterocycles. The number of carboxylic acids is 1. The molecule has 4 rings (SSSR count). The largest absolute Gasteiger partial charge is 0.479 e. The lowest BCUT2D eigenvalue weighted by molar-refractivity contribution is -0.156. The van der Waals surface area contributed by atoms with E-state index in [2.05, 4.69) is 15.5 Å². The molecule has 5 N–H and O–H groups in total. The highest BCUT2D eigenvalue weighted by molar-refractivity contribution is 6.03. The van der Waals surface area contributed by atoms with Crippen LogP contribution in [0.4, 0.5) is 5.69 Å². The molecule has 0 saturated carbocycles. The van der Waals surface area contributed by atoms with Gasteiger partial charge in [0.05, 0.1) is 10.8 Å². The van der Waals surface area contributed by atoms with E-state index >= 15 is 0 Å². The number of rotatable bonds is 4. The van der Waals surface area contributed by atoms with Crippen LogP contribution in [0.1, 0.15) is 0 Å². The smallest absolute Gasteiger partial charge is 0.335 e. The summed E-state index contributed by atoms with van der Waals surface area (Å²) in [5.74, 6) is -1.91. The predicted molar refractivity (Wildman–Crippen MR) is 96.2 cm³/mol. The maximum Gasteiger partial charge on any atom is 0.335 e. The summed E-state index contributed by atoms with van der Waals surface area (Å²) in [6.07, 6.45) is -4.41. The van der Waals surface area contributed by atoms with Gasteiger partial charge in [0.1, 0.15) is 17.2 Å². The third-order valence-corrected chi connectivity index (χ3v) is 4.32. The standard InChI is InChI=1S/C18H13N3O7/c22-14(15(23)18(26)27)17(25)19-7-4-5-10-9(6-7)13-12-8(16(24)21-20-13)2-1-3-11(12)28-10/h1-6,14-15,22-23H,(H,19,25)(H,21,24)(H,26,27). The first-order valence-corrected chi connectivity index (χ1v) is 8.10. The Morgan fingerprint density at radius 1 is 1.11 bits per heavy atom. The molecule has 0 aliphatic carbocycles. The van der Waals surface area contributed by atoms with E-state index in [1.165, 1.54) is 12.1 Å². The Balaban J connectivity index is 1.73. The van der Waals surface area contributed by atoms with Gasteiger partial charge in [0.25, 0.3) is 11.5 Å². The summed E-state index contributed by atoms with van der Waals surface area (Å²) in [5.41, 5.74) is 0.757. The third kappa shape index (κ3) is 2.76. The zero-order valence-electron chi connectivity index (χ0n) is 14.0. The lowest BCUT2D eigenvalue weighted by Gasteiger charge is -2.21. The molecule has 2 aromatic carbocycles. The molecule has 0 spiro atoms. The molecule has 0 radical (unpaired) electrons. The number of ether oxygens (including phenoxy) is 1. The van der Waals surface area contributed by atoms with Gasteiger partial charge in [-0.3, -0.25) is 9.59 Å². The average Bonchev–Trinajstić information content (AvgIpc) is 2.69. The second-order valence-corrected chi connectivity index (χ2v) is 6.11. The van der Waals surface area contributed by atoms with Crippen LogP contribution >= 0.6 is 0 Å². The van der Waals surface area contributed by atoms with Crippen LogP contribution in [-0.2, 0) is 9.59 Å². The molecule has 1 aliphatic rings. The molecule has 0 bridgehead atoms. The normalized spacial score (nSPS) is 13.9. The van der Waals surface area contributed by atoms with E-state index < -0.39 is 24.1 Å². The molecule has 10 nitrogen and oxygen atoms in total. The highest BCUT2D eigenvalue weighted by atomic mass is 16.5. The van der Waals surface area contributed by atoms with Crippen molar-refractivity contribution in [1.29, 1.82) is 0 Å². The van der Waals surface area contributed by atoms with Crippen LogP contribution in [0.3, 0.4) is 0 Å². The molecule has 2 atom stereocenters. The number of aliphatic carboxylic acids is 1. The zero-order valence-corrected chi connectivity index (χ0v) is 14.0. The van der Waals surface area contributed by atoms with E-state index in [1.54, 1.807) is 24.3 Å². The number of amides is 1. The number of aromatic amines is 1. The molecule has 0 fully saturated rings. The molecule has 142 valence electrons. The lowest BCUT2D eigenvalue weighted by atomic mass is 10.0. The fraction of sp³-hybridized carbons (Fsp3) is 0.111. The van der Waals surface area contributed by atoms with Gasteiger partial charge in [-0.15, -0.1) is 0 Å². The number of aliphatic hydroxyl groups excluding tert-OH is 2. The summed E-state index contributed by atoms with van der Waals surface area (Å²) in [7, 11) is 0. The minimum Gasteiger partial charge on any atom is -0.479 e. The highest BCUT2D eigenvalue weighted by Gasteiger charge is 2.30. The summed E-state index contributed by atoms with van der Waals surface area (Å²) in [6.45, 7) is 0. The second kappa shape index (κ2) is 6.44. The summed E-state index contributed by atoms with van der Waals surface area (Å²) >= 11 is 0. The maximum absolute atomic E-state index is 12.0. The van der Waals surface area contributed by atoms with Crippen molar-refractivity contribution in [3.8, 4) is 22.8 Å². The van der Waals surface area contributed by atoms with Gasteiger partial charge in [0.2, 0.25) is 0 Å². The molecule has 1 aromatic heterocycles. The van der Waals surface area contributed by atoms with Crippen LogP contribution < -0.4 is 15.6 Å². The number of aromatic nitrogens is 2. The molecule has 1 aliphatic heterocycles. The minimum absolute atomic E-state index is 0.213. The molecule has 1 amide bonds. The van der Waals surface area contributed by atoms with Crippen LogP contribution in [-0.4, -0.2) is 49.6 Å². The Kier molecular flexibility index (Phi) is 4.06. The highest BCUT2D eigenvalue weighted by Crippen LogP contribution is 2.45. The SMILES string of the molecule is O=C(O)C(O)C(O)C(=O)Nc1ccc2c(c1)-c1n[nH]c(=O)c3cccc(c13)O2. The van der Waals surface area contributed by atoms with Gasteiger partial charge in [-0.05, 0) is 30.3 Å². The van der Waals surface area contributed by atoms with Crippen molar-refractivity contribution < 1.29 is 29.6 Å². The van der Waals surface area contributed by atoms with E-state index in [0.29, 0.717) is 33.5 Å². The molecule has 10 heteroatoms. The number of hydrogen-bond acceptors (Lipinski definition) is 7. The van der Waals surface area contributed by atoms with Gasteiger partial charge in [-0.1, -0.05) is 6.07 Å². The monoisotopic (exact) mass is 383 g/mol. The Hall–Kier alpha value is -3.76. The number of aliphatic hydroxyl groups is 2. The average molecular weight is 383 g/mol. The fourth-order valence-electron chi connectivity index (χ4n) is 2.96. The Labute approximate surface area is 156 Å². The first-order valence-electron chi connectivity index (χ1n) is 8.10. The molecule has 28 heavy (non-hydrogen) atoms. The Morgan fingerprint density at radius 3 is 2.64 bits per heavy atom. The summed E-state index contributed by atoms with van der Waals surface area (Å²) < 4.78 is 5.81. The van der Waals surface area contributed by atoms with Crippen molar-refractivity contribution in [2.24, 2.45) is 0 Å². The number of carbonyl (C=O) groups excluding carboxylic acids is 1. The van der Waals surface area contributed by atoms with E-state index in [4.69, 9.17) is 9.84 Å².